The molecule has 0 fully saturated rings. The minimum Gasteiger partial charge on any atom is -0.394 e. The van der Waals surface area contributed by atoms with Crippen molar-refractivity contribution < 1.29 is 30.6 Å². The van der Waals surface area contributed by atoms with E-state index < -0.39 is 37.1 Å². The zero-order chi connectivity index (χ0) is 25.8. The zero-order valence-corrected chi connectivity index (χ0v) is 20.7. The van der Waals surface area contributed by atoms with Gasteiger partial charge >= 0.3 is 0 Å². The third-order valence-electron chi connectivity index (χ3n) is 6.13. The molecule has 0 radical (unpaired) electrons. The molecule has 2 rings (SSSR count). The van der Waals surface area contributed by atoms with Crippen LogP contribution >= 0.6 is 0 Å². The molecular weight excluding hydrogens is 444 g/mol. The van der Waals surface area contributed by atoms with E-state index in [4.69, 9.17) is 5.11 Å². The highest BCUT2D eigenvalue weighted by atomic mass is 16.4. The van der Waals surface area contributed by atoms with Gasteiger partial charge in [-0.25, -0.2) is 0 Å². The van der Waals surface area contributed by atoms with Crippen LogP contribution in [0.15, 0.2) is 72.3 Å². The molecule has 2 aromatic rings. The largest absolute Gasteiger partial charge is 0.394 e. The molecule has 0 bridgehead atoms. The second-order valence-corrected chi connectivity index (χ2v) is 8.90. The van der Waals surface area contributed by atoms with Crippen molar-refractivity contribution in [3.8, 4) is 0 Å². The highest BCUT2D eigenvalue weighted by molar-refractivity contribution is 5.76. The normalized spacial score (nSPS) is 17.3. The van der Waals surface area contributed by atoms with Crippen molar-refractivity contribution in [1.82, 2.24) is 0 Å². The first kappa shape index (κ1) is 28.9. The van der Waals surface area contributed by atoms with Crippen LogP contribution < -0.4 is 0 Å². The van der Waals surface area contributed by atoms with Crippen LogP contribution in [0.2, 0.25) is 0 Å². The maximum absolute atomic E-state index is 10.9. The zero-order valence-electron chi connectivity index (χ0n) is 20.7. The lowest BCUT2D eigenvalue weighted by Gasteiger charge is -2.29. The molecule has 5 atom stereocenters. The molecule has 0 aliphatic carbocycles. The van der Waals surface area contributed by atoms with Crippen molar-refractivity contribution >= 4 is 11.1 Å². The SMILES string of the molecule is CCCC(=CC(CC(O)[C@H](O)[C@@H](O)[C@H](O)[C@H](O)CO)=C(CCC)c1ccccc1)c1ccccc1. The van der Waals surface area contributed by atoms with Gasteiger partial charge in [0, 0.05) is 6.42 Å². The molecule has 0 spiro atoms. The van der Waals surface area contributed by atoms with E-state index in [0.29, 0.717) is 0 Å². The van der Waals surface area contributed by atoms with E-state index in [1.54, 1.807) is 0 Å². The fraction of sp³-hybridized carbons (Fsp3) is 0.448. The van der Waals surface area contributed by atoms with E-state index in [9.17, 15) is 25.5 Å². The van der Waals surface area contributed by atoms with Crippen LogP contribution in [0, 0.1) is 0 Å². The van der Waals surface area contributed by atoms with E-state index in [0.717, 1.165) is 53.5 Å². The summed E-state index contributed by atoms with van der Waals surface area (Å²) in [6, 6.07) is 19.9. The molecule has 0 heterocycles. The predicted molar refractivity (Wildman–Crippen MR) is 139 cm³/mol. The quantitative estimate of drug-likeness (QED) is 0.229. The molecular formula is C29H40O6. The molecule has 6 N–H and O–H groups in total. The Morgan fingerprint density at radius 1 is 0.686 bits per heavy atom. The average molecular weight is 485 g/mol. The van der Waals surface area contributed by atoms with E-state index in [1.165, 1.54) is 0 Å². The van der Waals surface area contributed by atoms with Gasteiger partial charge in [-0.05, 0) is 40.7 Å². The molecule has 35 heavy (non-hydrogen) atoms. The van der Waals surface area contributed by atoms with E-state index in [2.05, 4.69) is 19.9 Å². The van der Waals surface area contributed by atoms with Gasteiger partial charge in [-0.1, -0.05) is 93.4 Å². The molecule has 0 aliphatic rings. The number of benzene rings is 2. The fourth-order valence-corrected chi connectivity index (χ4v) is 4.19. The molecule has 1 unspecified atom stereocenters. The standard InChI is InChI=1S/C29H40O6/c1-3-11-22(20-13-7-5-8-14-20)17-23(24(12-4-2)21-15-9-6-10-16-21)18-25(31)27(33)29(35)28(34)26(32)19-30/h5-10,13-17,25-35H,3-4,11-12,18-19H2,1-2H3/t25?,26-,27+,28-,29-/m1/s1. The van der Waals surface area contributed by atoms with Crippen LogP contribution in [0.4, 0.5) is 0 Å². The van der Waals surface area contributed by atoms with Gasteiger partial charge in [0.05, 0.1) is 12.7 Å². The number of rotatable bonds is 14. The summed E-state index contributed by atoms with van der Waals surface area (Å²) in [5, 5.41) is 60.5. The van der Waals surface area contributed by atoms with Crippen LogP contribution in [-0.4, -0.2) is 67.8 Å². The Morgan fingerprint density at radius 3 is 1.71 bits per heavy atom. The Kier molecular flexibility index (Phi) is 12.3. The molecule has 0 aliphatic heterocycles. The molecule has 0 amide bonds. The van der Waals surface area contributed by atoms with Crippen molar-refractivity contribution in [3.05, 3.63) is 83.4 Å². The third-order valence-corrected chi connectivity index (χ3v) is 6.13. The van der Waals surface area contributed by atoms with Crippen LogP contribution in [0.1, 0.15) is 57.1 Å². The van der Waals surface area contributed by atoms with Gasteiger partial charge in [0.1, 0.15) is 24.4 Å². The van der Waals surface area contributed by atoms with Gasteiger partial charge in [0.15, 0.2) is 0 Å². The van der Waals surface area contributed by atoms with Crippen molar-refractivity contribution in [2.75, 3.05) is 6.61 Å². The van der Waals surface area contributed by atoms with Gasteiger partial charge < -0.3 is 30.6 Å². The van der Waals surface area contributed by atoms with E-state index in [1.807, 2.05) is 60.7 Å². The Bertz CT molecular complexity index is 925. The Morgan fingerprint density at radius 2 is 1.20 bits per heavy atom. The van der Waals surface area contributed by atoms with Crippen LogP contribution in [-0.2, 0) is 0 Å². The molecule has 0 aromatic heterocycles. The molecule has 6 heteroatoms. The lowest BCUT2D eigenvalue weighted by atomic mass is 9.87. The topological polar surface area (TPSA) is 121 Å². The van der Waals surface area contributed by atoms with Crippen LogP contribution in [0.25, 0.3) is 11.1 Å². The Hall–Kier alpha value is -2.32. The van der Waals surface area contributed by atoms with E-state index >= 15 is 0 Å². The first-order valence-corrected chi connectivity index (χ1v) is 12.4. The summed E-state index contributed by atoms with van der Waals surface area (Å²) in [6.07, 6.45) is -2.91. The van der Waals surface area contributed by atoms with Gasteiger partial charge in [0.2, 0.25) is 0 Å². The highest BCUT2D eigenvalue weighted by Crippen LogP contribution is 2.32. The number of aliphatic hydroxyl groups is 6. The number of allylic oxidation sites excluding steroid dienone is 3. The average Bonchev–Trinajstić information content (AvgIpc) is 2.90. The lowest BCUT2D eigenvalue weighted by Crippen LogP contribution is -2.50. The summed E-state index contributed by atoms with van der Waals surface area (Å²) in [7, 11) is 0. The van der Waals surface area contributed by atoms with Crippen LogP contribution in [0.3, 0.4) is 0 Å². The van der Waals surface area contributed by atoms with Gasteiger partial charge in [0.25, 0.3) is 0 Å². The van der Waals surface area contributed by atoms with Crippen molar-refractivity contribution in [2.24, 2.45) is 0 Å². The first-order chi connectivity index (χ1) is 16.8. The number of hydrogen-bond acceptors (Lipinski definition) is 6. The van der Waals surface area contributed by atoms with Crippen LogP contribution in [0.5, 0.6) is 0 Å². The Labute approximate surface area is 208 Å². The monoisotopic (exact) mass is 484 g/mol. The predicted octanol–water partition coefficient (Wildman–Crippen LogP) is 3.31. The summed E-state index contributed by atoms with van der Waals surface area (Å²) < 4.78 is 0. The second kappa shape index (κ2) is 14.9. The molecule has 2 aromatic carbocycles. The van der Waals surface area contributed by atoms with Gasteiger partial charge in [-0.3, -0.25) is 0 Å². The molecule has 6 nitrogen and oxygen atoms in total. The Balaban J connectivity index is 2.54. The summed E-state index contributed by atoms with van der Waals surface area (Å²) >= 11 is 0. The maximum Gasteiger partial charge on any atom is 0.111 e. The van der Waals surface area contributed by atoms with Crippen molar-refractivity contribution in [2.45, 2.75) is 76.5 Å². The summed E-state index contributed by atoms with van der Waals surface area (Å²) in [4.78, 5) is 0. The van der Waals surface area contributed by atoms with E-state index in [-0.39, 0.29) is 6.42 Å². The lowest BCUT2D eigenvalue weighted by molar-refractivity contribution is -0.139. The minimum atomic E-state index is -1.83. The van der Waals surface area contributed by atoms with Gasteiger partial charge in [-0.2, -0.15) is 0 Å². The number of aliphatic hydroxyl groups excluding tert-OH is 6. The van der Waals surface area contributed by atoms with Crippen molar-refractivity contribution in [1.29, 1.82) is 0 Å². The molecule has 0 saturated heterocycles. The first-order valence-electron chi connectivity index (χ1n) is 12.4. The molecule has 192 valence electrons. The second-order valence-electron chi connectivity index (χ2n) is 8.90. The third kappa shape index (κ3) is 8.39. The highest BCUT2D eigenvalue weighted by Gasteiger charge is 2.34. The molecule has 0 saturated carbocycles. The fourth-order valence-electron chi connectivity index (χ4n) is 4.19. The van der Waals surface area contributed by atoms with Crippen molar-refractivity contribution in [3.63, 3.8) is 0 Å². The van der Waals surface area contributed by atoms with Gasteiger partial charge in [-0.15, -0.1) is 0 Å². The summed E-state index contributed by atoms with van der Waals surface area (Å²) in [6.45, 7) is 3.41. The summed E-state index contributed by atoms with van der Waals surface area (Å²) in [5.41, 5.74) is 5.07. The number of hydrogen-bond donors (Lipinski definition) is 6. The minimum absolute atomic E-state index is 0.0322. The maximum atomic E-state index is 10.9. The smallest absolute Gasteiger partial charge is 0.111 e. The summed E-state index contributed by atoms with van der Waals surface area (Å²) in [5.74, 6) is 0.